The number of hydrogen-bond donors (Lipinski definition) is 2. The fourth-order valence-electron chi connectivity index (χ4n) is 1.90. The normalized spacial score (nSPS) is 48.2. The summed E-state index contributed by atoms with van der Waals surface area (Å²) in [6, 6.07) is -0.160. The summed E-state index contributed by atoms with van der Waals surface area (Å²) in [4.78, 5) is 0. The lowest BCUT2D eigenvalue weighted by Crippen LogP contribution is -2.39. The third-order valence-electron chi connectivity index (χ3n) is 3.16. The van der Waals surface area contributed by atoms with E-state index in [1.807, 2.05) is 21.7 Å². The number of aliphatic hydroxyl groups excluding tert-OH is 2. The van der Waals surface area contributed by atoms with Gasteiger partial charge in [-0.3, -0.25) is 0 Å². The van der Waals surface area contributed by atoms with Crippen molar-refractivity contribution in [1.82, 2.24) is 0 Å². The summed E-state index contributed by atoms with van der Waals surface area (Å²) < 4.78 is 5.43. The number of ether oxygens (including phenoxy) is 1. The van der Waals surface area contributed by atoms with Crippen LogP contribution >= 0.6 is 0 Å². The van der Waals surface area contributed by atoms with Gasteiger partial charge in [-0.15, -0.1) is 0 Å². The van der Waals surface area contributed by atoms with Crippen molar-refractivity contribution in [1.29, 1.82) is 0 Å². The SMILES string of the molecule is B[C@H]1O[C@H](CO)[C@@](C)(CC)[C@@H]1O. The van der Waals surface area contributed by atoms with E-state index in [0.29, 0.717) is 0 Å². The molecule has 0 radical (unpaired) electrons. The van der Waals surface area contributed by atoms with Gasteiger partial charge in [0.15, 0.2) is 0 Å². The van der Waals surface area contributed by atoms with Crippen molar-refractivity contribution in [3.8, 4) is 0 Å². The van der Waals surface area contributed by atoms with E-state index >= 15 is 0 Å². The topological polar surface area (TPSA) is 49.7 Å². The quantitative estimate of drug-likeness (QED) is 0.531. The molecule has 1 heterocycles. The third kappa shape index (κ3) is 1.28. The first-order chi connectivity index (χ1) is 5.56. The summed E-state index contributed by atoms with van der Waals surface area (Å²) in [6.45, 7) is 3.96. The summed E-state index contributed by atoms with van der Waals surface area (Å²) in [6.07, 6.45) is 0.149. The predicted molar refractivity (Wildman–Crippen MR) is 48.7 cm³/mol. The molecule has 0 aromatic heterocycles. The second kappa shape index (κ2) is 3.36. The zero-order valence-corrected chi connectivity index (χ0v) is 7.95. The van der Waals surface area contributed by atoms with E-state index in [1.54, 1.807) is 0 Å². The Morgan fingerprint density at radius 1 is 1.58 bits per heavy atom. The molecule has 2 N–H and O–H groups in total. The number of rotatable bonds is 2. The minimum atomic E-state index is -0.459. The van der Waals surface area contributed by atoms with Crippen molar-refractivity contribution in [3.05, 3.63) is 0 Å². The van der Waals surface area contributed by atoms with Crippen LogP contribution in [0.25, 0.3) is 0 Å². The summed E-state index contributed by atoms with van der Waals surface area (Å²) in [5.74, 6) is 0. The Morgan fingerprint density at radius 3 is 2.50 bits per heavy atom. The molecule has 3 nitrogen and oxygen atoms in total. The van der Waals surface area contributed by atoms with E-state index in [2.05, 4.69) is 0 Å². The van der Waals surface area contributed by atoms with Gasteiger partial charge in [-0.2, -0.15) is 0 Å². The minimum Gasteiger partial charge on any atom is -0.394 e. The lowest BCUT2D eigenvalue weighted by molar-refractivity contribution is -0.00410. The van der Waals surface area contributed by atoms with Crippen molar-refractivity contribution >= 4 is 7.85 Å². The zero-order chi connectivity index (χ0) is 9.35. The highest BCUT2D eigenvalue weighted by Gasteiger charge is 2.49. The molecule has 12 heavy (non-hydrogen) atoms. The summed E-state index contributed by atoms with van der Waals surface area (Å²) in [5.41, 5.74) is -0.284. The number of hydrogen-bond acceptors (Lipinski definition) is 3. The van der Waals surface area contributed by atoms with Crippen LogP contribution in [0.2, 0.25) is 0 Å². The standard InChI is InChI=1S/C8H17BO3/c1-3-8(2)5(4-10)12-7(9)6(8)11/h5-7,10-11H,3-4,9H2,1-2H3/t5-,6-,7+,8-/m1/s1. The van der Waals surface area contributed by atoms with Gasteiger partial charge in [-0.25, -0.2) is 0 Å². The molecule has 1 saturated heterocycles. The first kappa shape index (κ1) is 10.0. The van der Waals surface area contributed by atoms with Gasteiger partial charge in [0.25, 0.3) is 0 Å². The lowest BCUT2D eigenvalue weighted by Gasteiger charge is -2.30. The van der Waals surface area contributed by atoms with E-state index in [-0.39, 0.29) is 24.1 Å². The molecule has 70 valence electrons. The smallest absolute Gasteiger partial charge is 0.142 e. The number of aliphatic hydroxyl groups is 2. The van der Waals surface area contributed by atoms with Gasteiger partial charge in [0.05, 0.1) is 24.8 Å². The van der Waals surface area contributed by atoms with Gasteiger partial charge in [0.2, 0.25) is 0 Å². The molecule has 0 spiro atoms. The van der Waals surface area contributed by atoms with Crippen LogP contribution in [-0.2, 0) is 4.74 Å². The molecule has 1 aliphatic heterocycles. The van der Waals surface area contributed by atoms with Crippen LogP contribution < -0.4 is 0 Å². The highest BCUT2D eigenvalue weighted by atomic mass is 16.5. The molecule has 1 aliphatic rings. The zero-order valence-electron chi connectivity index (χ0n) is 7.95. The van der Waals surface area contributed by atoms with Crippen molar-refractivity contribution < 1.29 is 14.9 Å². The van der Waals surface area contributed by atoms with Gasteiger partial charge in [-0.1, -0.05) is 13.8 Å². The van der Waals surface area contributed by atoms with Crippen LogP contribution in [0.1, 0.15) is 20.3 Å². The van der Waals surface area contributed by atoms with Crippen molar-refractivity contribution in [2.24, 2.45) is 5.41 Å². The maximum atomic E-state index is 9.78. The predicted octanol–water partition coefficient (Wildman–Crippen LogP) is -0.886. The molecule has 0 amide bonds. The average molecular weight is 172 g/mol. The molecule has 1 fully saturated rings. The van der Waals surface area contributed by atoms with Crippen LogP contribution in [0.3, 0.4) is 0 Å². The summed E-state index contributed by atoms with van der Waals surface area (Å²) >= 11 is 0. The maximum Gasteiger partial charge on any atom is 0.142 e. The van der Waals surface area contributed by atoms with Crippen molar-refractivity contribution in [3.63, 3.8) is 0 Å². The van der Waals surface area contributed by atoms with Gasteiger partial charge in [-0.05, 0) is 6.42 Å². The van der Waals surface area contributed by atoms with E-state index in [9.17, 15) is 5.11 Å². The molecule has 0 saturated carbocycles. The molecular weight excluding hydrogens is 155 g/mol. The first-order valence-corrected chi connectivity index (χ1v) is 4.50. The Hall–Kier alpha value is -0.0551. The molecular formula is C8H17BO3. The molecule has 0 aromatic carbocycles. The monoisotopic (exact) mass is 172 g/mol. The van der Waals surface area contributed by atoms with E-state index in [0.717, 1.165) is 6.42 Å². The van der Waals surface area contributed by atoms with E-state index in [4.69, 9.17) is 9.84 Å². The fraction of sp³-hybridized carbons (Fsp3) is 1.00. The highest BCUT2D eigenvalue weighted by molar-refractivity contribution is 6.11. The molecule has 4 atom stereocenters. The lowest BCUT2D eigenvalue weighted by atomic mass is 9.74. The summed E-state index contributed by atoms with van der Waals surface area (Å²) in [7, 11) is 1.84. The highest BCUT2D eigenvalue weighted by Crippen LogP contribution is 2.40. The van der Waals surface area contributed by atoms with Gasteiger partial charge < -0.3 is 14.9 Å². The molecule has 0 unspecified atom stereocenters. The average Bonchev–Trinajstić information content (AvgIpc) is 2.30. The molecule has 1 rings (SSSR count). The molecule has 4 heteroatoms. The Balaban J connectivity index is 2.80. The van der Waals surface area contributed by atoms with Crippen LogP contribution in [0.15, 0.2) is 0 Å². The Morgan fingerprint density at radius 2 is 2.17 bits per heavy atom. The largest absolute Gasteiger partial charge is 0.394 e. The molecule has 0 bridgehead atoms. The second-order valence-electron chi connectivity index (χ2n) is 3.82. The van der Waals surface area contributed by atoms with Crippen LogP contribution in [-0.4, -0.2) is 42.9 Å². The fourth-order valence-corrected chi connectivity index (χ4v) is 1.90. The van der Waals surface area contributed by atoms with Gasteiger partial charge >= 0.3 is 0 Å². The Labute approximate surface area is 74.1 Å². The summed E-state index contributed by atoms with van der Waals surface area (Å²) in [5, 5.41) is 18.8. The van der Waals surface area contributed by atoms with Crippen LogP contribution in [0.4, 0.5) is 0 Å². The Bertz CT molecular complexity index is 164. The maximum absolute atomic E-state index is 9.78. The van der Waals surface area contributed by atoms with Crippen LogP contribution in [0, 0.1) is 5.41 Å². The first-order valence-electron chi connectivity index (χ1n) is 4.50. The van der Waals surface area contributed by atoms with Gasteiger partial charge in [0.1, 0.15) is 7.85 Å². The van der Waals surface area contributed by atoms with Crippen molar-refractivity contribution in [2.75, 3.05) is 6.61 Å². The van der Waals surface area contributed by atoms with Crippen molar-refractivity contribution in [2.45, 2.75) is 38.5 Å². The third-order valence-corrected chi connectivity index (χ3v) is 3.16. The molecule has 0 aromatic rings. The van der Waals surface area contributed by atoms with Crippen LogP contribution in [0.5, 0.6) is 0 Å². The molecule has 0 aliphatic carbocycles. The van der Waals surface area contributed by atoms with E-state index < -0.39 is 6.10 Å². The van der Waals surface area contributed by atoms with E-state index in [1.165, 1.54) is 0 Å². The Kier molecular flexibility index (Phi) is 2.81. The van der Waals surface area contributed by atoms with Gasteiger partial charge in [0, 0.05) is 5.41 Å². The second-order valence-corrected chi connectivity index (χ2v) is 3.82. The minimum absolute atomic E-state index is 0.00819.